The van der Waals surface area contributed by atoms with Crippen LogP contribution >= 0.6 is 11.6 Å². The molecule has 34 atom stereocenters. The topological polar surface area (TPSA) is 480 Å². The van der Waals surface area contributed by atoms with Gasteiger partial charge < -0.3 is 139 Å². The van der Waals surface area contributed by atoms with Crippen LogP contribution in [0, 0.1) is 50.2 Å². The fourth-order valence-electron chi connectivity index (χ4n) is 21.2. The lowest BCUT2D eigenvalue weighted by atomic mass is 9.33. The van der Waals surface area contributed by atoms with Gasteiger partial charge in [0.2, 0.25) is 6.29 Å². The van der Waals surface area contributed by atoms with Crippen LogP contribution in [0.25, 0.3) is 0 Å². The number of hydrogen-bond donors (Lipinski definition) is 16. The van der Waals surface area contributed by atoms with Crippen molar-refractivity contribution < 1.29 is 148 Å². The summed E-state index contributed by atoms with van der Waals surface area (Å²) in [6.07, 6.45) is -24.5. The average Bonchev–Trinajstić information content (AvgIpc) is 0.716. The molecule has 31 nitrogen and oxygen atoms in total. The molecule has 11 aliphatic rings. The van der Waals surface area contributed by atoms with Crippen molar-refractivity contribution in [3.63, 3.8) is 0 Å². The summed E-state index contributed by atoms with van der Waals surface area (Å²) in [4.78, 5) is 37.0. The van der Waals surface area contributed by atoms with E-state index in [9.17, 15) is 81.1 Å². The van der Waals surface area contributed by atoms with E-state index in [4.69, 9.17) is 73.9 Å². The molecule has 10 fully saturated rings. The zero-order valence-corrected chi connectivity index (χ0v) is 68.1. The number of hydrogen-bond acceptors (Lipinski definition) is 29. The van der Waals surface area contributed by atoms with Gasteiger partial charge in [-0.1, -0.05) is 114 Å². The van der Waals surface area contributed by atoms with E-state index in [-0.39, 0.29) is 47.5 Å². The maximum absolute atomic E-state index is 15.4. The quantitative estimate of drug-likeness (QED) is 0.0416. The Morgan fingerprint density at radius 2 is 1.14 bits per heavy atom. The summed E-state index contributed by atoms with van der Waals surface area (Å²) in [6, 6.07) is 19.1. The van der Waals surface area contributed by atoms with Crippen molar-refractivity contribution in [1.29, 1.82) is 0 Å². The summed E-state index contributed by atoms with van der Waals surface area (Å²) in [6.45, 7) is 21.3. The van der Waals surface area contributed by atoms with E-state index >= 15 is 4.79 Å². The minimum absolute atomic E-state index is 0.129. The maximum Gasteiger partial charge on any atom is 0.328 e. The second kappa shape index (κ2) is 36.4. The number of ether oxygens (including phenoxy) is 11. The van der Waals surface area contributed by atoms with Crippen molar-refractivity contribution in [2.75, 3.05) is 40.0 Å². The number of rotatable bonds is 19. The van der Waals surface area contributed by atoms with Crippen molar-refractivity contribution in [1.82, 2.24) is 4.90 Å². The molecule has 648 valence electrons. The smallest absolute Gasteiger partial charge is 0.328 e. The molecule has 6 saturated heterocycles. The molecule has 0 amide bonds. The SMILES string of the molecule is CC1OC(OC2CCC3(C)C(CCC4(C)C3CC=C3C5CC(C)(C)CCC5(C(=O)OC5OCC(O)C(O)C5OC5OC(C)C(OC6OC(CO)C(O)C(O)C6O)C(O)C5O)C(O)CC34C)C2(C)C)C(O)C(O)C1OC1OCC(O)C(O)C1O.CN1CCCC1CCOC(C)(c1ccccc1)c1ccc(Cl)cc1.O=C(O)C=CC(=O)O. The van der Waals surface area contributed by atoms with Gasteiger partial charge in [-0.25, -0.2) is 9.59 Å². The molecular weight excluding hydrogens is 1530 g/mol. The molecule has 6 heterocycles. The van der Waals surface area contributed by atoms with Crippen LogP contribution in [-0.4, -0.2) is 304 Å². The van der Waals surface area contributed by atoms with Crippen LogP contribution in [0.2, 0.25) is 5.02 Å². The molecule has 5 aliphatic carbocycles. The number of likely N-dealkylation sites (tertiary alicyclic amines) is 1. The number of halogens is 1. The Kier molecular flexibility index (Phi) is 28.9. The van der Waals surface area contributed by atoms with Gasteiger partial charge in [-0.2, -0.15) is 0 Å². The van der Waals surface area contributed by atoms with Gasteiger partial charge in [0.15, 0.2) is 31.3 Å². The Balaban J connectivity index is 0.000000336. The lowest BCUT2D eigenvalue weighted by Crippen LogP contribution is -2.68. The van der Waals surface area contributed by atoms with Crippen molar-refractivity contribution in [3.8, 4) is 0 Å². The van der Waals surface area contributed by atoms with Crippen molar-refractivity contribution in [2.24, 2.45) is 50.2 Å². The predicted octanol–water partition coefficient (Wildman–Crippen LogP) is 2.91. The number of aliphatic hydroxyl groups excluding tert-OH is 14. The number of allylic oxidation sites excluding steroid dienone is 2. The molecule has 6 aliphatic heterocycles. The Labute approximate surface area is 675 Å². The highest BCUT2D eigenvalue weighted by atomic mass is 35.5. The van der Waals surface area contributed by atoms with Gasteiger partial charge in [-0.15, -0.1) is 0 Å². The third kappa shape index (κ3) is 18.1. The summed E-state index contributed by atoms with van der Waals surface area (Å²) in [5.41, 5.74) is -0.421. The fraction of sp³-hybridized carbons (Fsp3) is 0.771. The normalized spacial score (nSPS) is 44.8. The van der Waals surface area contributed by atoms with Crippen LogP contribution in [-0.2, 0) is 72.1 Å². The number of aliphatic carboxylic acids is 2. The second-order valence-corrected chi connectivity index (χ2v) is 36.5. The Morgan fingerprint density at radius 1 is 0.591 bits per heavy atom. The first-order valence-electron chi connectivity index (χ1n) is 40.5. The molecule has 115 heavy (non-hydrogen) atoms. The zero-order chi connectivity index (χ0) is 84.1. The third-order valence-electron chi connectivity index (χ3n) is 28.3. The van der Waals surface area contributed by atoms with E-state index in [2.05, 4.69) is 110 Å². The number of aliphatic hydroxyl groups is 14. The lowest BCUT2D eigenvalue weighted by molar-refractivity contribution is -0.374. The second-order valence-electron chi connectivity index (χ2n) is 36.1. The van der Waals surface area contributed by atoms with E-state index in [1.807, 2.05) is 18.2 Å². The number of fused-ring (bicyclic) bond motifs is 7. The number of esters is 1. The molecule has 16 N–H and O–H groups in total. The summed E-state index contributed by atoms with van der Waals surface area (Å²) in [5, 5.41) is 169. The van der Waals surface area contributed by atoms with Gasteiger partial charge in [0.1, 0.15) is 103 Å². The summed E-state index contributed by atoms with van der Waals surface area (Å²) >= 11 is 6.07. The molecule has 0 aromatic heterocycles. The molecule has 13 rings (SSSR count). The average molecular weight is 1650 g/mol. The van der Waals surface area contributed by atoms with Crippen LogP contribution in [0.5, 0.6) is 0 Å². The predicted molar refractivity (Wildman–Crippen MR) is 407 cm³/mol. The maximum atomic E-state index is 15.4. The number of carboxylic acids is 2. The van der Waals surface area contributed by atoms with Gasteiger partial charge in [0.25, 0.3) is 0 Å². The largest absolute Gasteiger partial charge is 0.478 e. The van der Waals surface area contributed by atoms with Crippen LogP contribution in [0.1, 0.15) is 157 Å². The highest BCUT2D eigenvalue weighted by Crippen LogP contribution is 2.76. The van der Waals surface area contributed by atoms with Crippen LogP contribution in [0.15, 0.2) is 78.4 Å². The minimum Gasteiger partial charge on any atom is -0.478 e. The van der Waals surface area contributed by atoms with E-state index in [1.165, 1.54) is 31.9 Å². The molecule has 0 spiro atoms. The highest BCUT2D eigenvalue weighted by molar-refractivity contribution is 6.30. The Bertz CT molecular complexity index is 3640. The summed E-state index contributed by atoms with van der Waals surface area (Å²) in [7, 11) is 2.22. The molecule has 2 aromatic rings. The number of nitrogens with zero attached hydrogens (tertiary/aromatic N) is 1. The molecule has 4 saturated carbocycles. The molecular formula is C83H124ClNO30. The van der Waals surface area contributed by atoms with E-state index in [0.717, 1.165) is 48.4 Å². The van der Waals surface area contributed by atoms with E-state index < -0.39 is 212 Å². The number of carboxylic acid groups (broad SMARTS) is 2. The van der Waals surface area contributed by atoms with Gasteiger partial charge in [-0.3, -0.25) is 4.79 Å². The number of benzene rings is 2. The van der Waals surface area contributed by atoms with Crippen LogP contribution in [0.3, 0.4) is 0 Å². The first-order valence-corrected chi connectivity index (χ1v) is 40.9. The summed E-state index contributed by atoms with van der Waals surface area (Å²) < 4.78 is 66.1. The summed E-state index contributed by atoms with van der Waals surface area (Å²) in [5.74, 6) is -3.52. The highest BCUT2D eigenvalue weighted by Gasteiger charge is 2.72. The Morgan fingerprint density at radius 3 is 1.73 bits per heavy atom. The number of carbonyl (C=O) groups is 3. The number of carbonyl (C=O) groups excluding carboxylic acids is 1. The van der Waals surface area contributed by atoms with Gasteiger partial charge >= 0.3 is 17.9 Å². The minimum atomic E-state index is -1.93. The zero-order valence-electron chi connectivity index (χ0n) is 67.4. The molecule has 34 unspecified atom stereocenters. The van der Waals surface area contributed by atoms with Crippen molar-refractivity contribution in [2.45, 2.75) is 311 Å². The molecule has 0 radical (unpaired) electrons. The third-order valence-corrected chi connectivity index (χ3v) is 28.5. The first-order chi connectivity index (χ1) is 54.0. The Hall–Kier alpha value is -4.38. The molecule has 0 bridgehead atoms. The van der Waals surface area contributed by atoms with Crippen LogP contribution < -0.4 is 0 Å². The van der Waals surface area contributed by atoms with Gasteiger partial charge in [0, 0.05) is 29.8 Å². The van der Waals surface area contributed by atoms with Crippen LogP contribution in [0.4, 0.5) is 0 Å². The molecule has 32 heteroatoms. The van der Waals surface area contributed by atoms with Crippen molar-refractivity contribution >= 4 is 29.5 Å². The van der Waals surface area contributed by atoms with E-state index in [0.29, 0.717) is 43.9 Å². The first kappa shape index (κ1) is 91.4. The molecule has 2 aromatic carbocycles. The van der Waals surface area contributed by atoms with Gasteiger partial charge in [-0.05, 0) is 180 Å². The van der Waals surface area contributed by atoms with E-state index in [1.54, 1.807) is 6.92 Å². The van der Waals surface area contributed by atoms with Crippen molar-refractivity contribution in [3.05, 3.63) is 94.5 Å². The fourth-order valence-corrected chi connectivity index (χ4v) is 21.3. The monoisotopic (exact) mass is 1650 g/mol. The lowest BCUT2D eigenvalue weighted by Gasteiger charge is -2.71. The standard InChI is InChI=1S/C58H94O25.C21H26ClNO.C4H4O4/c1-23-44(80-47-40(69)34(63)27(60)21-74-47)38(67)42(71)48(76-23)79-33-13-14-55(7)30(54(33,5)6)12-15-56(8)31(55)11-10-25-26-18-53(3,4)16-17-58(26,32(62)19-57(25,56)9)52(73)83-51-46(35(64)28(61)22-75-51)82-49-43(72)39(68)45(24(2)77-49)81-50-41(70)37(66)36(65)29(20-59)78-50;1-21(17-7-4-3-5-8-17,18-10-12-19(22)13-11-18)24-16-14-20-9-6-15-23(20)2;5-3(6)1-2-4(7)8/h10,23-24,26-51,59-72H,11-22H2,1-9H3;3-5,7-8,10-13,20H,6,9,14-16H2,1-2H3;1-2H,(H,5,6)(H,7,8). The van der Waals surface area contributed by atoms with Gasteiger partial charge in [0.05, 0.1) is 44.2 Å².